The third-order valence-electron chi connectivity index (χ3n) is 2.61. The summed E-state index contributed by atoms with van der Waals surface area (Å²) in [6.45, 7) is 7.08. The van der Waals surface area contributed by atoms with Crippen molar-refractivity contribution >= 4 is 7.60 Å². The smallest absolute Gasteiger partial charge is 0.321 e. The molecule has 19 heavy (non-hydrogen) atoms. The van der Waals surface area contributed by atoms with Crippen molar-refractivity contribution in [1.82, 2.24) is 0 Å². The van der Waals surface area contributed by atoms with E-state index in [1.165, 1.54) is 6.92 Å². The van der Waals surface area contributed by atoms with Gasteiger partial charge in [-0.05, 0) is 51.7 Å². The molecule has 0 radical (unpaired) electrons. The van der Waals surface area contributed by atoms with E-state index in [1.807, 2.05) is 32.1 Å². The van der Waals surface area contributed by atoms with Gasteiger partial charge in [-0.25, -0.2) is 0 Å². The van der Waals surface area contributed by atoms with Gasteiger partial charge in [0.05, 0.1) is 5.31 Å². The fraction of sp³-hybridized carbons (Fsp3) is 0.400. The topological polar surface area (TPSA) is 57.5 Å². The number of unbranched alkanes of at least 4 members (excludes halogenated alkanes) is 1. The van der Waals surface area contributed by atoms with E-state index in [1.54, 1.807) is 6.92 Å². The Morgan fingerprint density at radius 2 is 1.74 bits per heavy atom. The molecular weight excluding hydrogens is 259 g/mol. The lowest BCUT2D eigenvalue weighted by Gasteiger charge is -2.01. The molecule has 0 saturated carbocycles. The Bertz CT molecular complexity index is 484. The van der Waals surface area contributed by atoms with Gasteiger partial charge in [0, 0.05) is 0 Å². The molecule has 0 aromatic rings. The van der Waals surface area contributed by atoms with E-state index in [-0.39, 0.29) is 5.31 Å². The Hall–Kier alpha value is -1.11. The first-order valence-corrected chi connectivity index (χ1v) is 7.85. The van der Waals surface area contributed by atoms with Crippen LogP contribution in [0.1, 0.15) is 40.5 Å². The molecule has 2 N–H and O–H groups in total. The van der Waals surface area contributed by atoms with E-state index in [0.717, 1.165) is 24.0 Å². The lowest BCUT2D eigenvalue weighted by molar-refractivity contribution is 0.382. The predicted octanol–water partition coefficient (Wildman–Crippen LogP) is 4.47. The van der Waals surface area contributed by atoms with Gasteiger partial charge >= 0.3 is 7.60 Å². The molecule has 0 bridgehead atoms. The lowest BCUT2D eigenvalue weighted by atomic mass is 10.1. The van der Waals surface area contributed by atoms with Gasteiger partial charge in [0.1, 0.15) is 0 Å². The third kappa shape index (κ3) is 8.58. The zero-order valence-corrected chi connectivity index (χ0v) is 12.9. The summed E-state index contributed by atoms with van der Waals surface area (Å²) in [6.07, 6.45) is 12.1. The molecule has 0 aromatic heterocycles. The Kier molecular flexibility index (Phi) is 8.38. The molecule has 0 aliphatic carbocycles. The first-order chi connectivity index (χ1) is 8.79. The monoisotopic (exact) mass is 282 g/mol. The van der Waals surface area contributed by atoms with E-state index in [9.17, 15) is 4.57 Å². The summed E-state index contributed by atoms with van der Waals surface area (Å²) in [4.78, 5) is 17.9. The van der Waals surface area contributed by atoms with Crippen molar-refractivity contribution < 1.29 is 14.4 Å². The Morgan fingerprint density at radius 1 is 1.16 bits per heavy atom. The molecule has 4 heteroatoms. The van der Waals surface area contributed by atoms with Crippen LogP contribution in [-0.4, -0.2) is 9.79 Å². The normalized spacial score (nSPS) is 13.1. The van der Waals surface area contributed by atoms with Crippen molar-refractivity contribution in [3.63, 3.8) is 0 Å². The maximum absolute atomic E-state index is 11.0. The summed E-state index contributed by atoms with van der Waals surface area (Å²) in [7, 11) is -4.16. The lowest BCUT2D eigenvalue weighted by Crippen LogP contribution is -1.81. The summed E-state index contributed by atoms with van der Waals surface area (Å²) in [6, 6.07) is 0. The molecular formula is C15H23O3P. The van der Waals surface area contributed by atoms with Crippen LogP contribution in [0.2, 0.25) is 0 Å². The highest BCUT2D eigenvalue weighted by Crippen LogP contribution is 2.43. The Balaban J connectivity index is 4.78. The van der Waals surface area contributed by atoms with Gasteiger partial charge in [-0.3, -0.25) is 4.57 Å². The predicted molar refractivity (Wildman–Crippen MR) is 80.9 cm³/mol. The van der Waals surface area contributed by atoms with Gasteiger partial charge in [-0.15, -0.1) is 5.73 Å². The molecule has 0 rings (SSSR count). The SMILES string of the molecule is C/C=C/CC/C=C/C=C(\C)C(C)=C=C(C)P(=O)(O)O. The van der Waals surface area contributed by atoms with Gasteiger partial charge in [0.2, 0.25) is 0 Å². The van der Waals surface area contributed by atoms with Crippen LogP contribution < -0.4 is 0 Å². The molecule has 0 amide bonds. The van der Waals surface area contributed by atoms with Gasteiger partial charge in [-0.2, -0.15) is 0 Å². The van der Waals surface area contributed by atoms with Crippen molar-refractivity contribution in [3.05, 3.63) is 52.6 Å². The third-order valence-corrected chi connectivity index (χ3v) is 3.60. The highest BCUT2D eigenvalue weighted by molar-refractivity contribution is 7.56. The largest absolute Gasteiger partial charge is 0.359 e. The maximum Gasteiger partial charge on any atom is 0.359 e. The first-order valence-electron chi connectivity index (χ1n) is 6.24. The Labute approximate surface area is 115 Å². The highest BCUT2D eigenvalue weighted by Gasteiger charge is 2.15. The number of hydrogen-bond acceptors (Lipinski definition) is 1. The number of hydrogen-bond donors (Lipinski definition) is 2. The second kappa shape index (κ2) is 8.90. The minimum Gasteiger partial charge on any atom is -0.321 e. The van der Waals surface area contributed by atoms with Crippen LogP contribution in [0.4, 0.5) is 0 Å². The summed E-state index contributed by atoms with van der Waals surface area (Å²) in [5, 5.41) is -0.0326. The van der Waals surface area contributed by atoms with Crippen molar-refractivity contribution in [1.29, 1.82) is 0 Å². The average molecular weight is 282 g/mol. The molecule has 0 saturated heterocycles. The van der Waals surface area contributed by atoms with Crippen molar-refractivity contribution in [3.8, 4) is 0 Å². The van der Waals surface area contributed by atoms with E-state index in [0.29, 0.717) is 0 Å². The van der Waals surface area contributed by atoms with E-state index in [2.05, 4.69) is 17.9 Å². The molecule has 0 aliphatic heterocycles. The summed E-state index contributed by atoms with van der Waals surface area (Å²) < 4.78 is 11.0. The van der Waals surface area contributed by atoms with Gasteiger partial charge in [0.15, 0.2) is 0 Å². The molecule has 3 nitrogen and oxygen atoms in total. The van der Waals surface area contributed by atoms with Gasteiger partial charge in [0.25, 0.3) is 0 Å². The highest BCUT2D eigenvalue weighted by atomic mass is 31.2. The molecule has 0 fully saturated rings. The summed E-state index contributed by atoms with van der Waals surface area (Å²) in [5.74, 6) is 0. The maximum atomic E-state index is 11.0. The molecule has 0 unspecified atom stereocenters. The molecule has 0 spiro atoms. The van der Waals surface area contributed by atoms with Crippen LogP contribution in [0.5, 0.6) is 0 Å². The second-order valence-electron chi connectivity index (χ2n) is 4.30. The molecule has 106 valence electrons. The zero-order valence-electron chi connectivity index (χ0n) is 12.1. The van der Waals surface area contributed by atoms with E-state index in [4.69, 9.17) is 9.79 Å². The molecule has 0 aliphatic rings. The average Bonchev–Trinajstić information content (AvgIpc) is 2.31. The van der Waals surface area contributed by atoms with Crippen LogP contribution in [0.15, 0.2) is 52.6 Å². The van der Waals surface area contributed by atoms with Crippen molar-refractivity contribution in [2.75, 3.05) is 0 Å². The van der Waals surface area contributed by atoms with Crippen LogP contribution in [0.3, 0.4) is 0 Å². The first kappa shape index (κ1) is 17.9. The standard InChI is InChI=1S/C15H23O3P/c1-5-6-7-8-9-10-11-13(2)14(3)12-15(4)19(16,17)18/h5-6,9-11H,7-8H2,1-4H3,(H2,16,17,18)/b6-5+,10-9+,13-11+. The Morgan fingerprint density at radius 3 is 2.26 bits per heavy atom. The van der Waals surface area contributed by atoms with Gasteiger partial charge in [-0.1, -0.05) is 30.4 Å². The molecule has 0 aromatic carbocycles. The summed E-state index contributed by atoms with van der Waals surface area (Å²) in [5.41, 5.74) is 4.41. The van der Waals surface area contributed by atoms with Crippen LogP contribution in [-0.2, 0) is 4.57 Å². The molecule has 0 atom stereocenters. The van der Waals surface area contributed by atoms with Crippen LogP contribution in [0.25, 0.3) is 0 Å². The molecule has 0 heterocycles. The minimum atomic E-state index is -4.16. The minimum absolute atomic E-state index is 0.0326. The zero-order chi connectivity index (χ0) is 14.9. The summed E-state index contributed by atoms with van der Waals surface area (Å²) >= 11 is 0. The number of rotatable bonds is 6. The fourth-order valence-corrected chi connectivity index (χ4v) is 1.55. The second-order valence-corrected chi connectivity index (χ2v) is 6.06. The van der Waals surface area contributed by atoms with Crippen molar-refractivity contribution in [2.24, 2.45) is 0 Å². The fourth-order valence-electron chi connectivity index (χ4n) is 1.24. The van der Waals surface area contributed by atoms with Crippen molar-refractivity contribution in [2.45, 2.75) is 40.5 Å². The van der Waals surface area contributed by atoms with Crippen LogP contribution >= 0.6 is 7.60 Å². The number of allylic oxidation sites excluding steroid dienone is 7. The quantitative estimate of drug-likeness (QED) is 0.248. The van der Waals surface area contributed by atoms with E-state index < -0.39 is 7.60 Å². The van der Waals surface area contributed by atoms with Gasteiger partial charge < -0.3 is 9.79 Å². The van der Waals surface area contributed by atoms with E-state index >= 15 is 0 Å². The van der Waals surface area contributed by atoms with Crippen LogP contribution in [0, 0.1) is 0 Å².